The lowest BCUT2D eigenvalue weighted by atomic mass is 10.00. The molecule has 2 aliphatic carbocycles. The average molecular weight is 759 g/mol. The summed E-state index contributed by atoms with van der Waals surface area (Å²) in [4.78, 5) is 28.4. The molecule has 0 spiro atoms. The van der Waals surface area contributed by atoms with E-state index in [0.717, 1.165) is 98.6 Å². The highest BCUT2D eigenvalue weighted by Crippen LogP contribution is 2.48. The van der Waals surface area contributed by atoms with E-state index in [4.69, 9.17) is 25.7 Å². The Kier molecular flexibility index (Phi) is 9.96. The summed E-state index contributed by atoms with van der Waals surface area (Å²) in [5, 5.41) is 18.6. The smallest absolute Gasteiger partial charge is 0.151 e. The number of fused-ring (bicyclic) bond motifs is 2. The summed E-state index contributed by atoms with van der Waals surface area (Å²) < 4.78 is 0. The summed E-state index contributed by atoms with van der Waals surface area (Å²) in [6.07, 6.45) is 7.31. The van der Waals surface area contributed by atoms with Crippen molar-refractivity contribution < 1.29 is 0 Å². The van der Waals surface area contributed by atoms with Gasteiger partial charge in [0, 0.05) is 24.4 Å². The van der Waals surface area contributed by atoms with E-state index in [1.165, 1.54) is 0 Å². The van der Waals surface area contributed by atoms with Gasteiger partial charge in [-0.2, -0.15) is 5.26 Å². The molecule has 0 unspecified atom stereocenters. The minimum absolute atomic E-state index is 0.0711. The van der Waals surface area contributed by atoms with Gasteiger partial charge in [-0.05, 0) is 84.3 Å². The average Bonchev–Trinajstić information content (AvgIpc) is 4.25. The first-order chi connectivity index (χ1) is 28.6. The number of nitriles is 1. The number of hydrogen-bond acceptors (Lipinski definition) is 10. The van der Waals surface area contributed by atoms with E-state index in [1.807, 2.05) is 79.0 Å². The number of aromatic nitrogens is 6. The predicted octanol–water partition coefficient (Wildman–Crippen LogP) is 9.15. The Labute approximate surface area is 337 Å². The van der Waals surface area contributed by atoms with Gasteiger partial charge in [-0.15, -0.1) is 0 Å². The highest BCUT2D eigenvalue weighted by Gasteiger charge is 2.48. The van der Waals surface area contributed by atoms with E-state index >= 15 is 0 Å². The van der Waals surface area contributed by atoms with E-state index in [2.05, 4.69) is 87.3 Å². The van der Waals surface area contributed by atoms with E-state index in [-0.39, 0.29) is 5.41 Å². The van der Waals surface area contributed by atoms with Gasteiger partial charge in [-0.1, -0.05) is 97.1 Å². The van der Waals surface area contributed by atoms with Crippen molar-refractivity contribution in [1.82, 2.24) is 29.9 Å². The summed E-state index contributed by atoms with van der Waals surface area (Å²) in [6, 6.07) is 47.1. The molecule has 10 rings (SSSR count). The molecule has 4 aromatic heterocycles. The Morgan fingerprint density at radius 2 is 1.02 bits per heavy atom. The lowest BCUT2D eigenvalue weighted by Gasteiger charge is -2.17. The molecule has 0 bridgehead atoms. The number of pyridine rings is 2. The lowest BCUT2D eigenvalue weighted by Crippen LogP contribution is -2.23. The van der Waals surface area contributed by atoms with Gasteiger partial charge in [0.15, 0.2) is 5.82 Å². The Hall–Kier alpha value is -7.09. The highest BCUT2D eigenvalue weighted by molar-refractivity contribution is 6.03. The molecule has 2 fully saturated rings. The van der Waals surface area contributed by atoms with Crippen LogP contribution in [0, 0.1) is 11.3 Å². The van der Waals surface area contributed by atoms with Crippen LogP contribution in [-0.2, 0) is 23.9 Å². The zero-order valence-corrected chi connectivity index (χ0v) is 32.0. The molecule has 4 aromatic carbocycles. The van der Waals surface area contributed by atoms with Crippen molar-refractivity contribution in [3.05, 3.63) is 169 Å². The summed E-state index contributed by atoms with van der Waals surface area (Å²) >= 11 is 0. The molecule has 4 N–H and O–H groups in total. The molecular weight excluding hydrogens is 717 g/mol. The Morgan fingerprint density at radius 3 is 1.45 bits per heavy atom. The third kappa shape index (κ3) is 7.43. The van der Waals surface area contributed by atoms with Crippen molar-refractivity contribution in [2.24, 2.45) is 5.73 Å². The van der Waals surface area contributed by atoms with Crippen LogP contribution in [-0.4, -0.2) is 36.4 Å². The molecule has 0 amide bonds. The van der Waals surface area contributed by atoms with Gasteiger partial charge in [0.1, 0.15) is 22.9 Å². The summed E-state index contributed by atoms with van der Waals surface area (Å²) in [5.74, 6) is 3.05. The molecule has 58 heavy (non-hydrogen) atoms. The molecule has 284 valence electrons. The number of nitrogens with zero attached hydrogens (tertiary/aromatic N) is 7. The maximum Gasteiger partial charge on any atom is 0.151 e. The zero-order valence-electron chi connectivity index (χ0n) is 32.0. The van der Waals surface area contributed by atoms with Gasteiger partial charge >= 0.3 is 0 Å². The third-order valence-corrected chi connectivity index (χ3v) is 11.1. The van der Waals surface area contributed by atoms with E-state index in [1.54, 1.807) is 6.20 Å². The van der Waals surface area contributed by atoms with Gasteiger partial charge in [0.25, 0.3) is 0 Å². The number of nitrogens with two attached hydrogens (primary N) is 1. The van der Waals surface area contributed by atoms with Crippen LogP contribution in [0.2, 0.25) is 0 Å². The van der Waals surface area contributed by atoms with Crippen molar-refractivity contribution in [2.45, 2.75) is 49.6 Å². The summed E-state index contributed by atoms with van der Waals surface area (Å²) in [7, 11) is 0. The lowest BCUT2D eigenvalue weighted by molar-refractivity contribution is 0.653. The standard InChI is InChI=1S/C24H23N5.C24H19N5/c2*25-16-24(12-13-24)23-28-20-11-6-10-19(17-7-2-1-3-8-17)21(20)22(29-23)27-15-18-9-4-5-14-26-18/h1-11,14H,12-13,15-16,25H2,(H,27,28,29);1-11,14H,12-13,15H2,(H,27,28,29). The van der Waals surface area contributed by atoms with Gasteiger partial charge in [-0.3, -0.25) is 9.97 Å². The van der Waals surface area contributed by atoms with Crippen LogP contribution >= 0.6 is 0 Å². The summed E-state index contributed by atoms with van der Waals surface area (Å²) in [5.41, 5.74) is 13.6. The van der Waals surface area contributed by atoms with Crippen molar-refractivity contribution in [3.8, 4) is 28.3 Å². The molecule has 0 aliphatic heterocycles. The second-order valence-corrected chi connectivity index (χ2v) is 15.0. The zero-order chi connectivity index (χ0) is 39.4. The molecule has 10 heteroatoms. The van der Waals surface area contributed by atoms with Gasteiger partial charge < -0.3 is 16.4 Å². The van der Waals surface area contributed by atoms with E-state index < -0.39 is 5.41 Å². The molecular formula is C48H42N10. The second-order valence-electron chi connectivity index (χ2n) is 15.0. The number of benzene rings is 4. The SMILES string of the molecule is N#CC1(c2nc(NCc3ccccn3)c3c(-c4ccccc4)cccc3n2)CC1.NCC1(c2nc(NCc3ccccn3)c3c(-c4ccccc4)cccc3n2)CC1. The minimum Gasteiger partial charge on any atom is -0.364 e. The van der Waals surface area contributed by atoms with Crippen LogP contribution in [0.25, 0.3) is 44.1 Å². The first-order valence-corrected chi connectivity index (χ1v) is 19.7. The van der Waals surface area contributed by atoms with E-state index in [9.17, 15) is 5.26 Å². The highest BCUT2D eigenvalue weighted by atomic mass is 15.1. The van der Waals surface area contributed by atoms with Crippen LogP contribution in [0.1, 0.15) is 48.7 Å². The van der Waals surface area contributed by atoms with Crippen molar-refractivity contribution in [2.75, 3.05) is 17.2 Å². The predicted molar refractivity (Wildman–Crippen MR) is 230 cm³/mol. The van der Waals surface area contributed by atoms with Crippen molar-refractivity contribution >= 4 is 33.4 Å². The maximum atomic E-state index is 9.65. The minimum atomic E-state index is -0.543. The molecule has 8 aromatic rings. The molecule has 0 atom stereocenters. The molecule has 10 nitrogen and oxygen atoms in total. The molecule has 2 saturated carbocycles. The van der Waals surface area contributed by atoms with Gasteiger partial charge in [0.05, 0.1) is 52.4 Å². The quantitative estimate of drug-likeness (QED) is 0.116. The van der Waals surface area contributed by atoms with Gasteiger partial charge in [-0.25, -0.2) is 19.9 Å². The fourth-order valence-corrected chi connectivity index (χ4v) is 7.32. The van der Waals surface area contributed by atoms with E-state index in [0.29, 0.717) is 25.5 Å². The molecule has 2 aliphatic rings. The molecule has 0 saturated heterocycles. The summed E-state index contributed by atoms with van der Waals surface area (Å²) in [6.45, 7) is 1.73. The third-order valence-electron chi connectivity index (χ3n) is 11.1. The first kappa shape index (κ1) is 36.5. The van der Waals surface area contributed by atoms with Crippen LogP contribution in [0.4, 0.5) is 11.6 Å². The van der Waals surface area contributed by atoms with Crippen molar-refractivity contribution in [3.63, 3.8) is 0 Å². The number of anilines is 2. The Balaban J connectivity index is 0.000000150. The Bertz CT molecular complexity index is 2730. The maximum absolute atomic E-state index is 9.65. The second kappa shape index (κ2) is 15.8. The molecule has 0 radical (unpaired) electrons. The van der Waals surface area contributed by atoms with Crippen LogP contribution in [0.3, 0.4) is 0 Å². The number of nitrogens with one attached hydrogen (secondary N) is 2. The van der Waals surface area contributed by atoms with Crippen LogP contribution in [0.5, 0.6) is 0 Å². The molecule has 4 heterocycles. The first-order valence-electron chi connectivity index (χ1n) is 19.7. The van der Waals surface area contributed by atoms with Gasteiger partial charge in [0.2, 0.25) is 0 Å². The fraction of sp³-hybridized carbons (Fsp3) is 0.188. The fourth-order valence-electron chi connectivity index (χ4n) is 7.32. The normalized spacial score (nSPS) is 14.5. The number of rotatable bonds is 11. The Morgan fingerprint density at radius 1 is 0.534 bits per heavy atom. The monoisotopic (exact) mass is 758 g/mol. The van der Waals surface area contributed by atoms with Crippen LogP contribution < -0.4 is 16.4 Å². The van der Waals surface area contributed by atoms with Crippen molar-refractivity contribution in [1.29, 1.82) is 5.26 Å². The van der Waals surface area contributed by atoms with Crippen LogP contribution in [0.15, 0.2) is 146 Å². The largest absolute Gasteiger partial charge is 0.364 e. The topological polar surface area (TPSA) is 151 Å². The number of hydrogen-bond donors (Lipinski definition) is 3.